The largest absolute Gasteiger partial charge is 0.363 e. The van der Waals surface area contributed by atoms with Gasteiger partial charge in [0.25, 0.3) is 0 Å². The minimum atomic E-state index is -0.762. The van der Waals surface area contributed by atoms with Crippen LogP contribution in [0.15, 0.2) is 48.6 Å². The molecule has 0 aromatic heterocycles. The standard InChI is InChI=1S/C22H30O2/c1-3-4-5-6-7-11-18-24-22(19(2)23)16-14-21(15-17-22)20-12-9-8-10-13-20/h8-10,12-16H,3-7,11,17-18H2,1-2H3. The van der Waals surface area contributed by atoms with Gasteiger partial charge < -0.3 is 4.74 Å². The maximum Gasteiger partial charge on any atom is 0.165 e. The molecule has 2 nitrogen and oxygen atoms in total. The van der Waals surface area contributed by atoms with Crippen molar-refractivity contribution in [3.63, 3.8) is 0 Å². The highest BCUT2D eigenvalue weighted by molar-refractivity contribution is 5.90. The molecule has 1 unspecified atom stereocenters. The minimum Gasteiger partial charge on any atom is -0.363 e. The molecule has 1 aromatic carbocycles. The van der Waals surface area contributed by atoms with E-state index in [2.05, 4.69) is 25.1 Å². The first-order valence-electron chi connectivity index (χ1n) is 9.28. The van der Waals surface area contributed by atoms with E-state index in [9.17, 15) is 4.79 Å². The van der Waals surface area contributed by atoms with Crippen molar-refractivity contribution in [2.45, 2.75) is 64.4 Å². The lowest BCUT2D eigenvalue weighted by Gasteiger charge is -2.30. The van der Waals surface area contributed by atoms with Crippen LogP contribution in [-0.4, -0.2) is 18.0 Å². The van der Waals surface area contributed by atoms with E-state index in [1.54, 1.807) is 6.92 Å². The topological polar surface area (TPSA) is 26.3 Å². The fourth-order valence-electron chi connectivity index (χ4n) is 3.07. The molecule has 2 heteroatoms. The number of ether oxygens (including phenoxy) is 1. The molecule has 0 radical (unpaired) electrons. The third kappa shape index (κ3) is 5.17. The second-order valence-electron chi connectivity index (χ2n) is 6.62. The highest BCUT2D eigenvalue weighted by atomic mass is 16.5. The number of ketones is 1. The molecular formula is C22H30O2. The lowest BCUT2D eigenvalue weighted by Crippen LogP contribution is -2.39. The first-order valence-corrected chi connectivity index (χ1v) is 9.28. The van der Waals surface area contributed by atoms with Crippen LogP contribution in [0, 0.1) is 0 Å². The molecule has 0 fully saturated rings. The summed E-state index contributed by atoms with van der Waals surface area (Å²) in [6, 6.07) is 10.3. The van der Waals surface area contributed by atoms with Gasteiger partial charge in [0, 0.05) is 13.0 Å². The molecule has 0 amide bonds. The molecule has 130 valence electrons. The number of hydrogen-bond acceptors (Lipinski definition) is 2. The minimum absolute atomic E-state index is 0.0908. The molecule has 0 N–H and O–H groups in total. The van der Waals surface area contributed by atoms with E-state index in [4.69, 9.17) is 4.74 Å². The summed E-state index contributed by atoms with van der Waals surface area (Å²) in [4.78, 5) is 12.2. The van der Waals surface area contributed by atoms with Crippen LogP contribution in [0.2, 0.25) is 0 Å². The van der Waals surface area contributed by atoms with Crippen LogP contribution >= 0.6 is 0 Å². The smallest absolute Gasteiger partial charge is 0.165 e. The zero-order valence-electron chi connectivity index (χ0n) is 15.1. The van der Waals surface area contributed by atoms with Crippen LogP contribution in [0.25, 0.3) is 5.57 Å². The molecule has 0 spiro atoms. The van der Waals surface area contributed by atoms with E-state index < -0.39 is 5.60 Å². The molecule has 0 saturated carbocycles. The van der Waals surface area contributed by atoms with Gasteiger partial charge in [-0.2, -0.15) is 0 Å². The maximum absolute atomic E-state index is 12.2. The number of carbonyl (C=O) groups excluding carboxylic acids is 1. The van der Waals surface area contributed by atoms with Crippen LogP contribution in [0.4, 0.5) is 0 Å². The van der Waals surface area contributed by atoms with Crippen molar-refractivity contribution in [1.29, 1.82) is 0 Å². The van der Waals surface area contributed by atoms with E-state index >= 15 is 0 Å². The Kier molecular flexibility index (Phi) is 7.45. The zero-order valence-corrected chi connectivity index (χ0v) is 15.1. The van der Waals surface area contributed by atoms with Crippen molar-refractivity contribution in [1.82, 2.24) is 0 Å². The highest BCUT2D eigenvalue weighted by Gasteiger charge is 2.34. The molecule has 0 aliphatic heterocycles. The number of allylic oxidation sites excluding steroid dienone is 2. The van der Waals surface area contributed by atoms with Crippen molar-refractivity contribution in [2.75, 3.05) is 6.61 Å². The predicted molar refractivity (Wildman–Crippen MR) is 101 cm³/mol. The number of carbonyl (C=O) groups is 1. The Bertz CT molecular complexity index is 571. The van der Waals surface area contributed by atoms with Gasteiger partial charge in [-0.1, -0.05) is 81.5 Å². The summed E-state index contributed by atoms with van der Waals surface area (Å²) in [7, 11) is 0. The Labute approximate surface area is 146 Å². The molecule has 1 atom stereocenters. The average Bonchev–Trinajstić information content (AvgIpc) is 2.62. The van der Waals surface area contributed by atoms with Gasteiger partial charge in [0.15, 0.2) is 5.78 Å². The number of benzene rings is 1. The monoisotopic (exact) mass is 326 g/mol. The summed E-state index contributed by atoms with van der Waals surface area (Å²) in [5.74, 6) is 0.0908. The van der Waals surface area contributed by atoms with Crippen molar-refractivity contribution in [2.24, 2.45) is 0 Å². The second-order valence-corrected chi connectivity index (χ2v) is 6.62. The van der Waals surface area contributed by atoms with Crippen LogP contribution in [0.3, 0.4) is 0 Å². The molecule has 24 heavy (non-hydrogen) atoms. The first kappa shape index (κ1) is 18.7. The van der Waals surface area contributed by atoms with Crippen LogP contribution < -0.4 is 0 Å². The normalized spacial score (nSPS) is 20.0. The van der Waals surface area contributed by atoms with Gasteiger partial charge in [-0.15, -0.1) is 0 Å². The number of rotatable bonds is 10. The lowest BCUT2D eigenvalue weighted by atomic mass is 9.86. The van der Waals surface area contributed by atoms with Gasteiger partial charge in [0.1, 0.15) is 5.60 Å². The summed E-state index contributed by atoms with van der Waals surface area (Å²) >= 11 is 0. The third-order valence-corrected chi connectivity index (χ3v) is 4.72. The number of Topliss-reactive ketones (excluding diaryl/α,β-unsaturated/α-hetero) is 1. The molecule has 2 rings (SSSR count). The Morgan fingerprint density at radius 2 is 1.79 bits per heavy atom. The number of hydrogen-bond donors (Lipinski definition) is 0. The Morgan fingerprint density at radius 1 is 1.08 bits per heavy atom. The van der Waals surface area contributed by atoms with Gasteiger partial charge in [0.2, 0.25) is 0 Å². The maximum atomic E-state index is 12.2. The summed E-state index contributed by atoms with van der Waals surface area (Å²) in [6.07, 6.45) is 14.1. The summed E-state index contributed by atoms with van der Waals surface area (Å²) < 4.78 is 6.04. The molecule has 0 saturated heterocycles. The molecule has 1 aliphatic rings. The summed E-state index contributed by atoms with van der Waals surface area (Å²) in [6.45, 7) is 4.52. The van der Waals surface area contributed by atoms with E-state index in [0.29, 0.717) is 13.0 Å². The average molecular weight is 326 g/mol. The van der Waals surface area contributed by atoms with Crippen molar-refractivity contribution < 1.29 is 9.53 Å². The van der Waals surface area contributed by atoms with Gasteiger partial charge in [0.05, 0.1) is 0 Å². The summed E-state index contributed by atoms with van der Waals surface area (Å²) in [5.41, 5.74) is 1.58. The molecular weight excluding hydrogens is 296 g/mol. The predicted octanol–water partition coefficient (Wildman–Crippen LogP) is 5.73. The Morgan fingerprint density at radius 3 is 2.42 bits per heavy atom. The Balaban J connectivity index is 1.86. The van der Waals surface area contributed by atoms with Crippen LogP contribution in [0.1, 0.15) is 64.4 Å². The summed E-state index contributed by atoms with van der Waals surface area (Å²) in [5, 5.41) is 0. The van der Waals surface area contributed by atoms with E-state index in [1.165, 1.54) is 37.7 Å². The fourth-order valence-corrected chi connectivity index (χ4v) is 3.07. The fraction of sp³-hybridized carbons (Fsp3) is 0.500. The zero-order chi connectivity index (χ0) is 17.3. The molecule has 0 bridgehead atoms. The van der Waals surface area contributed by atoms with Gasteiger partial charge in [-0.25, -0.2) is 0 Å². The van der Waals surface area contributed by atoms with Gasteiger partial charge >= 0.3 is 0 Å². The SMILES string of the molecule is CCCCCCCCOC1(C(C)=O)C=CC(c2ccccc2)=CC1. The van der Waals surface area contributed by atoms with E-state index in [-0.39, 0.29) is 5.78 Å². The van der Waals surface area contributed by atoms with Crippen molar-refractivity contribution >= 4 is 11.4 Å². The van der Waals surface area contributed by atoms with Crippen molar-refractivity contribution in [3.05, 3.63) is 54.1 Å². The molecule has 0 heterocycles. The van der Waals surface area contributed by atoms with E-state index in [0.717, 1.165) is 12.0 Å². The van der Waals surface area contributed by atoms with Crippen molar-refractivity contribution in [3.8, 4) is 0 Å². The first-order chi connectivity index (χ1) is 11.7. The Hall–Kier alpha value is -1.67. The molecule has 1 aromatic rings. The van der Waals surface area contributed by atoms with E-state index in [1.807, 2.05) is 30.4 Å². The van der Waals surface area contributed by atoms with Crippen LogP contribution in [0.5, 0.6) is 0 Å². The quantitative estimate of drug-likeness (QED) is 0.513. The lowest BCUT2D eigenvalue weighted by molar-refractivity contribution is -0.136. The third-order valence-electron chi connectivity index (χ3n) is 4.72. The van der Waals surface area contributed by atoms with Gasteiger partial charge in [-0.3, -0.25) is 4.79 Å². The number of unbranched alkanes of at least 4 members (excludes halogenated alkanes) is 5. The van der Waals surface area contributed by atoms with Gasteiger partial charge in [-0.05, 0) is 30.6 Å². The molecule has 1 aliphatic carbocycles. The second kappa shape index (κ2) is 9.58. The van der Waals surface area contributed by atoms with Crippen LogP contribution in [-0.2, 0) is 9.53 Å². The highest BCUT2D eigenvalue weighted by Crippen LogP contribution is 2.30.